The Kier molecular flexibility index (Phi) is 5.25. The molecule has 5 heteroatoms. The molecular formula is C21H29N3O2. The topological polar surface area (TPSA) is 61.4 Å². The maximum atomic E-state index is 12.5. The van der Waals surface area contributed by atoms with Crippen LogP contribution in [0.5, 0.6) is 0 Å². The molecule has 1 aromatic rings. The summed E-state index contributed by atoms with van der Waals surface area (Å²) in [7, 11) is 0. The molecule has 1 saturated carbocycles. The van der Waals surface area contributed by atoms with Gasteiger partial charge in [-0.2, -0.15) is 0 Å². The fraction of sp³-hybridized carbons (Fsp3) is 0.619. The number of aryl methyl sites for hydroxylation is 1. The number of benzene rings is 1. The van der Waals surface area contributed by atoms with Crippen molar-refractivity contribution in [1.29, 1.82) is 0 Å². The average Bonchev–Trinajstić information content (AvgIpc) is 3.35. The maximum Gasteiger partial charge on any atom is 0.234 e. The molecule has 2 N–H and O–H groups in total. The lowest BCUT2D eigenvalue weighted by Crippen LogP contribution is -2.47. The van der Waals surface area contributed by atoms with Crippen LogP contribution in [0.1, 0.15) is 55.6 Å². The zero-order chi connectivity index (χ0) is 17.9. The van der Waals surface area contributed by atoms with Gasteiger partial charge >= 0.3 is 0 Å². The summed E-state index contributed by atoms with van der Waals surface area (Å²) < 4.78 is 0. The number of piperidine rings is 1. The maximum absolute atomic E-state index is 12.5. The van der Waals surface area contributed by atoms with Gasteiger partial charge in [-0.3, -0.25) is 14.5 Å². The van der Waals surface area contributed by atoms with Crippen LogP contribution in [0.15, 0.2) is 24.3 Å². The highest BCUT2D eigenvalue weighted by molar-refractivity contribution is 5.79. The molecule has 1 atom stereocenters. The number of hydrogen-bond acceptors (Lipinski definition) is 3. The molecule has 1 aromatic carbocycles. The van der Waals surface area contributed by atoms with Gasteiger partial charge in [-0.1, -0.05) is 24.3 Å². The van der Waals surface area contributed by atoms with Gasteiger partial charge in [0.25, 0.3) is 0 Å². The van der Waals surface area contributed by atoms with Gasteiger partial charge in [-0.15, -0.1) is 0 Å². The van der Waals surface area contributed by atoms with E-state index in [0.29, 0.717) is 24.9 Å². The molecule has 0 spiro atoms. The summed E-state index contributed by atoms with van der Waals surface area (Å²) in [5.41, 5.74) is 2.77. The van der Waals surface area contributed by atoms with Crippen LogP contribution in [0, 0.1) is 0 Å². The van der Waals surface area contributed by atoms with Gasteiger partial charge in [-0.05, 0) is 55.6 Å². The van der Waals surface area contributed by atoms with Gasteiger partial charge in [0, 0.05) is 31.6 Å². The molecular weight excluding hydrogens is 326 g/mol. The van der Waals surface area contributed by atoms with Crippen molar-refractivity contribution in [3.63, 3.8) is 0 Å². The molecule has 1 saturated heterocycles. The first-order chi connectivity index (χ1) is 12.7. The Labute approximate surface area is 155 Å². The van der Waals surface area contributed by atoms with E-state index in [9.17, 15) is 9.59 Å². The molecule has 3 aliphatic rings. The number of rotatable bonds is 6. The first-order valence-corrected chi connectivity index (χ1v) is 10.1. The highest BCUT2D eigenvalue weighted by Crippen LogP contribution is 2.35. The second-order valence-corrected chi connectivity index (χ2v) is 8.10. The average molecular weight is 355 g/mol. The lowest BCUT2D eigenvalue weighted by molar-refractivity contribution is -0.124. The minimum atomic E-state index is 0.148. The summed E-state index contributed by atoms with van der Waals surface area (Å²) in [5.74, 6) is 0.698. The highest BCUT2D eigenvalue weighted by atomic mass is 16.2. The minimum absolute atomic E-state index is 0.148. The molecule has 0 aromatic heterocycles. The molecule has 140 valence electrons. The van der Waals surface area contributed by atoms with Crippen LogP contribution in [0.2, 0.25) is 0 Å². The van der Waals surface area contributed by atoms with Crippen molar-refractivity contribution in [2.24, 2.45) is 0 Å². The van der Waals surface area contributed by atoms with Crippen molar-refractivity contribution in [3.8, 4) is 0 Å². The molecule has 4 rings (SSSR count). The zero-order valence-corrected chi connectivity index (χ0v) is 15.4. The van der Waals surface area contributed by atoms with Crippen molar-refractivity contribution < 1.29 is 9.59 Å². The van der Waals surface area contributed by atoms with E-state index in [1.54, 1.807) is 0 Å². The zero-order valence-electron chi connectivity index (χ0n) is 15.4. The van der Waals surface area contributed by atoms with Crippen molar-refractivity contribution in [3.05, 3.63) is 35.4 Å². The van der Waals surface area contributed by atoms with Crippen LogP contribution in [0.4, 0.5) is 0 Å². The number of likely N-dealkylation sites (tertiary alicyclic amines) is 1. The van der Waals surface area contributed by atoms with Crippen LogP contribution in [-0.2, 0) is 16.0 Å². The third-order valence-electron chi connectivity index (χ3n) is 5.95. The first kappa shape index (κ1) is 17.5. The van der Waals surface area contributed by atoms with E-state index in [4.69, 9.17) is 0 Å². The van der Waals surface area contributed by atoms with E-state index in [1.807, 2.05) is 0 Å². The Bertz CT molecular complexity index is 663. The third kappa shape index (κ3) is 4.44. The van der Waals surface area contributed by atoms with Gasteiger partial charge in [0.15, 0.2) is 0 Å². The van der Waals surface area contributed by atoms with Crippen LogP contribution < -0.4 is 10.6 Å². The van der Waals surface area contributed by atoms with E-state index >= 15 is 0 Å². The monoisotopic (exact) mass is 355 g/mol. The summed E-state index contributed by atoms with van der Waals surface area (Å²) in [5, 5.41) is 6.27. The molecule has 0 bridgehead atoms. The SMILES string of the molecule is O=C(CC1CCc2ccccc21)NC1CCN(CC(=O)NC2CC2)CC1. The fourth-order valence-corrected chi connectivity index (χ4v) is 4.31. The summed E-state index contributed by atoms with van der Waals surface area (Å²) in [6, 6.07) is 9.19. The van der Waals surface area contributed by atoms with E-state index in [1.165, 1.54) is 11.1 Å². The Morgan fingerprint density at radius 3 is 2.38 bits per heavy atom. The van der Waals surface area contributed by atoms with E-state index in [-0.39, 0.29) is 17.9 Å². The van der Waals surface area contributed by atoms with Crippen LogP contribution in [0.25, 0.3) is 0 Å². The molecule has 2 fully saturated rings. The Hall–Kier alpha value is -1.88. The predicted molar refractivity (Wildman–Crippen MR) is 101 cm³/mol. The Morgan fingerprint density at radius 2 is 1.62 bits per heavy atom. The summed E-state index contributed by atoms with van der Waals surface area (Å²) in [4.78, 5) is 26.6. The molecule has 1 aliphatic heterocycles. The predicted octanol–water partition coefficient (Wildman–Crippen LogP) is 1.97. The molecule has 1 unspecified atom stereocenters. The number of carbonyl (C=O) groups excluding carboxylic acids is 2. The van der Waals surface area contributed by atoms with E-state index in [0.717, 1.165) is 51.6 Å². The first-order valence-electron chi connectivity index (χ1n) is 10.1. The van der Waals surface area contributed by atoms with Crippen molar-refractivity contribution in [2.45, 2.75) is 62.9 Å². The molecule has 5 nitrogen and oxygen atoms in total. The molecule has 1 heterocycles. The summed E-state index contributed by atoms with van der Waals surface area (Å²) in [6.07, 6.45) is 6.90. The summed E-state index contributed by atoms with van der Waals surface area (Å²) in [6.45, 7) is 2.26. The van der Waals surface area contributed by atoms with Crippen molar-refractivity contribution >= 4 is 11.8 Å². The Morgan fingerprint density at radius 1 is 0.923 bits per heavy atom. The highest BCUT2D eigenvalue weighted by Gasteiger charge is 2.28. The second-order valence-electron chi connectivity index (χ2n) is 8.10. The standard InChI is InChI=1S/C21H29N3O2/c25-20(13-16-6-5-15-3-1-2-4-19(15)16)22-18-9-11-24(12-10-18)14-21(26)23-17-7-8-17/h1-4,16-18H,5-14H2,(H,22,25)(H,23,26). The Balaban J connectivity index is 1.18. The third-order valence-corrected chi connectivity index (χ3v) is 5.95. The van der Waals surface area contributed by atoms with Crippen LogP contribution >= 0.6 is 0 Å². The van der Waals surface area contributed by atoms with Gasteiger partial charge in [0.05, 0.1) is 6.54 Å². The second kappa shape index (κ2) is 7.78. The molecule has 2 aliphatic carbocycles. The van der Waals surface area contributed by atoms with Crippen molar-refractivity contribution in [1.82, 2.24) is 15.5 Å². The van der Waals surface area contributed by atoms with E-state index in [2.05, 4.69) is 39.8 Å². The smallest absolute Gasteiger partial charge is 0.234 e. The molecule has 26 heavy (non-hydrogen) atoms. The van der Waals surface area contributed by atoms with Gasteiger partial charge < -0.3 is 10.6 Å². The van der Waals surface area contributed by atoms with Gasteiger partial charge in [-0.25, -0.2) is 0 Å². The largest absolute Gasteiger partial charge is 0.353 e. The lowest BCUT2D eigenvalue weighted by atomic mass is 9.97. The quantitative estimate of drug-likeness (QED) is 0.820. The number of nitrogens with one attached hydrogen (secondary N) is 2. The van der Waals surface area contributed by atoms with Gasteiger partial charge in [0.2, 0.25) is 11.8 Å². The fourth-order valence-electron chi connectivity index (χ4n) is 4.31. The normalized spacial score (nSPS) is 23.5. The number of fused-ring (bicyclic) bond motifs is 1. The molecule has 2 amide bonds. The van der Waals surface area contributed by atoms with Gasteiger partial charge in [0.1, 0.15) is 0 Å². The number of amides is 2. The minimum Gasteiger partial charge on any atom is -0.353 e. The summed E-state index contributed by atoms with van der Waals surface area (Å²) >= 11 is 0. The van der Waals surface area contributed by atoms with Crippen LogP contribution in [-0.4, -0.2) is 48.4 Å². The molecule has 0 radical (unpaired) electrons. The van der Waals surface area contributed by atoms with Crippen LogP contribution in [0.3, 0.4) is 0 Å². The van der Waals surface area contributed by atoms with Crippen molar-refractivity contribution in [2.75, 3.05) is 19.6 Å². The lowest BCUT2D eigenvalue weighted by Gasteiger charge is -2.32. The van der Waals surface area contributed by atoms with E-state index < -0.39 is 0 Å². The number of carbonyl (C=O) groups is 2. The number of hydrogen-bond donors (Lipinski definition) is 2. The number of nitrogens with zero attached hydrogens (tertiary/aromatic N) is 1.